The standard InChI is InChI=1S/C21H14N2O5S/c24-18-9-8-16(23(27)28)10-15(18)11-19-20(25)22(21(26)29-19)12-14-6-3-5-13-4-1-2-7-17(13)14/h1-11,24H,12H2/b19-11-. The summed E-state index contributed by atoms with van der Waals surface area (Å²) in [6.45, 7) is 0.115. The van der Waals surface area contributed by atoms with Crippen LogP contribution in [0.15, 0.2) is 65.6 Å². The minimum atomic E-state index is -0.594. The summed E-state index contributed by atoms with van der Waals surface area (Å²) < 4.78 is 0. The van der Waals surface area contributed by atoms with Crippen molar-refractivity contribution in [2.75, 3.05) is 0 Å². The Balaban J connectivity index is 1.65. The average Bonchev–Trinajstić information content (AvgIpc) is 2.97. The highest BCUT2D eigenvalue weighted by molar-refractivity contribution is 8.18. The monoisotopic (exact) mass is 406 g/mol. The lowest BCUT2D eigenvalue weighted by atomic mass is 10.0. The van der Waals surface area contributed by atoms with Crippen molar-refractivity contribution in [3.05, 3.63) is 86.8 Å². The van der Waals surface area contributed by atoms with Gasteiger partial charge in [0.1, 0.15) is 5.75 Å². The van der Waals surface area contributed by atoms with Crippen LogP contribution in [-0.4, -0.2) is 26.1 Å². The zero-order valence-electron chi connectivity index (χ0n) is 14.9. The second-order valence-corrected chi connectivity index (χ2v) is 7.40. The van der Waals surface area contributed by atoms with Crippen molar-refractivity contribution in [3.63, 3.8) is 0 Å². The molecule has 0 bridgehead atoms. The van der Waals surface area contributed by atoms with Crippen LogP contribution in [0.4, 0.5) is 10.5 Å². The lowest BCUT2D eigenvalue weighted by molar-refractivity contribution is -0.384. The molecule has 144 valence electrons. The van der Waals surface area contributed by atoms with E-state index in [4.69, 9.17) is 0 Å². The first-order valence-corrected chi connectivity index (χ1v) is 9.45. The van der Waals surface area contributed by atoms with E-state index in [-0.39, 0.29) is 28.5 Å². The number of benzene rings is 3. The van der Waals surface area contributed by atoms with Crippen LogP contribution >= 0.6 is 11.8 Å². The maximum atomic E-state index is 12.8. The maximum Gasteiger partial charge on any atom is 0.293 e. The second kappa shape index (κ2) is 7.40. The van der Waals surface area contributed by atoms with Crippen molar-refractivity contribution in [1.82, 2.24) is 4.90 Å². The Bertz CT molecular complexity index is 1200. The smallest absolute Gasteiger partial charge is 0.293 e. The van der Waals surface area contributed by atoms with Crippen LogP contribution in [0.2, 0.25) is 0 Å². The van der Waals surface area contributed by atoms with Gasteiger partial charge in [-0.25, -0.2) is 0 Å². The molecule has 1 saturated heterocycles. The van der Waals surface area contributed by atoms with Gasteiger partial charge in [0.15, 0.2) is 0 Å². The number of non-ortho nitro benzene ring substituents is 1. The summed E-state index contributed by atoms with van der Waals surface area (Å²) in [5, 5.41) is 22.4. The van der Waals surface area contributed by atoms with Gasteiger partial charge in [-0.2, -0.15) is 0 Å². The van der Waals surface area contributed by atoms with E-state index >= 15 is 0 Å². The lowest BCUT2D eigenvalue weighted by Gasteiger charge is -2.14. The summed E-state index contributed by atoms with van der Waals surface area (Å²) in [6, 6.07) is 16.9. The third-order valence-corrected chi connectivity index (χ3v) is 5.50. The fourth-order valence-electron chi connectivity index (χ4n) is 3.15. The number of hydrogen-bond donors (Lipinski definition) is 1. The maximum absolute atomic E-state index is 12.8. The SMILES string of the molecule is O=C1S/C(=C\c2cc([N+](=O)[O-])ccc2O)C(=O)N1Cc1cccc2ccccc12. The largest absolute Gasteiger partial charge is 0.507 e. The van der Waals surface area contributed by atoms with Gasteiger partial charge in [0.05, 0.1) is 16.4 Å². The first-order chi connectivity index (χ1) is 13.9. The first kappa shape index (κ1) is 18.7. The number of nitro benzene ring substituents is 1. The lowest BCUT2D eigenvalue weighted by Crippen LogP contribution is -2.27. The van der Waals surface area contributed by atoms with Crippen LogP contribution < -0.4 is 0 Å². The molecule has 0 unspecified atom stereocenters. The third kappa shape index (κ3) is 3.57. The van der Waals surface area contributed by atoms with Gasteiger partial charge in [-0.05, 0) is 40.2 Å². The van der Waals surface area contributed by atoms with Crippen molar-refractivity contribution in [2.45, 2.75) is 6.54 Å². The highest BCUT2D eigenvalue weighted by atomic mass is 32.2. The Kier molecular flexibility index (Phi) is 4.77. The van der Waals surface area contributed by atoms with Gasteiger partial charge >= 0.3 is 0 Å². The van der Waals surface area contributed by atoms with E-state index in [0.717, 1.165) is 39.1 Å². The molecule has 1 aliphatic rings. The normalized spacial score (nSPS) is 15.4. The molecular weight excluding hydrogens is 392 g/mol. The van der Waals surface area contributed by atoms with Crippen molar-refractivity contribution in [1.29, 1.82) is 0 Å². The predicted molar refractivity (Wildman–Crippen MR) is 110 cm³/mol. The Morgan fingerprint density at radius 1 is 1.07 bits per heavy atom. The van der Waals surface area contributed by atoms with E-state index in [1.807, 2.05) is 42.5 Å². The van der Waals surface area contributed by atoms with Crippen molar-refractivity contribution < 1.29 is 19.6 Å². The number of carbonyl (C=O) groups is 2. The fraction of sp³-hybridized carbons (Fsp3) is 0.0476. The number of nitrogens with zero attached hydrogens (tertiary/aromatic N) is 2. The number of fused-ring (bicyclic) bond motifs is 1. The molecule has 1 fully saturated rings. The Labute approximate surface area is 169 Å². The molecule has 0 spiro atoms. The number of aromatic hydroxyl groups is 1. The van der Waals surface area contributed by atoms with E-state index < -0.39 is 16.1 Å². The van der Waals surface area contributed by atoms with Crippen LogP contribution in [0.5, 0.6) is 5.75 Å². The summed E-state index contributed by atoms with van der Waals surface area (Å²) in [5.74, 6) is -0.713. The van der Waals surface area contributed by atoms with Crippen molar-refractivity contribution in [2.24, 2.45) is 0 Å². The molecule has 0 saturated carbocycles. The molecule has 1 N–H and O–H groups in total. The molecule has 8 heteroatoms. The Morgan fingerprint density at radius 2 is 1.83 bits per heavy atom. The highest BCUT2D eigenvalue weighted by Crippen LogP contribution is 2.36. The first-order valence-electron chi connectivity index (χ1n) is 8.63. The molecule has 0 aliphatic carbocycles. The van der Waals surface area contributed by atoms with Gasteiger partial charge in [-0.3, -0.25) is 24.6 Å². The Morgan fingerprint density at radius 3 is 2.62 bits per heavy atom. The van der Waals surface area contributed by atoms with Gasteiger partial charge in [-0.1, -0.05) is 42.5 Å². The number of carbonyl (C=O) groups excluding carboxylic acids is 2. The highest BCUT2D eigenvalue weighted by Gasteiger charge is 2.35. The molecule has 0 atom stereocenters. The number of amides is 2. The Hall–Kier alpha value is -3.65. The number of nitro groups is 1. The van der Waals surface area contributed by atoms with Gasteiger partial charge in [0.25, 0.3) is 16.8 Å². The molecule has 3 aromatic carbocycles. The fourth-order valence-corrected chi connectivity index (χ4v) is 3.98. The molecular formula is C21H14N2O5S. The van der Waals surface area contributed by atoms with E-state index in [1.165, 1.54) is 18.2 Å². The third-order valence-electron chi connectivity index (χ3n) is 4.59. The molecule has 0 radical (unpaired) electrons. The second-order valence-electron chi connectivity index (χ2n) is 6.41. The number of phenolic OH excluding ortho intramolecular Hbond substituents is 1. The van der Waals surface area contributed by atoms with Crippen LogP contribution in [0.3, 0.4) is 0 Å². The molecule has 29 heavy (non-hydrogen) atoms. The summed E-state index contributed by atoms with van der Waals surface area (Å²) in [4.78, 5) is 36.8. The van der Waals surface area contributed by atoms with E-state index in [0.29, 0.717) is 0 Å². The molecule has 0 aromatic heterocycles. The van der Waals surface area contributed by atoms with Crippen LogP contribution in [-0.2, 0) is 11.3 Å². The van der Waals surface area contributed by atoms with Crippen LogP contribution in [0.1, 0.15) is 11.1 Å². The number of hydrogen-bond acceptors (Lipinski definition) is 6. The molecule has 3 aromatic rings. The average molecular weight is 406 g/mol. The minimum absolute atomic E-state index is 0.103. The molecule has 1 aliphatic heterocycles. The summed E-state index contributed by atoms with van der Waals surface area (Å²) in [5.41, 5.74) is 0.726. The van der Waals surface area contributed by atoms with Gasteiger partial charge < -0.3 is 5.11 Å². The van der Waals surface area contributed by atoms with E-state index in [9.17, 15) is 24.8 Å². The number of phenols is 1. The summed E-state index contributed by atoms with van der Waals surface area (Å²) in [7, 11) is 0. The summed E-state index contributed by atoms with van der Waals surface area (Å²) in [6.07, 6.45) is 1.30. The molecule has 1 heterocycles. The molecule has 7 nitrogen and oxygen atoms in total. The summed E-state index contributed by atoms with van der Waals surface area (Å²) >= 11 is 0.742. The van der Waals surface area contributed by atoms with Crippen LogP contribution in [0.25, 0.3) is 16.8 Å². The van der Waals surface area contributed by atoms with Gasteiger partial charge in [0.2, 0.25) is 0 Å². The predicted octanol–water partition coefficient (Wildman–Crippen LogP) is 4.69. The molecule has 2 amide bonds. The minimum Gasteiger partial charge on any atom is -0.507 e. The zero-order chi connectivity index (χ0) is 20.5. The number of rotatable bonds is 4. The van der Waals surface area contributed by atoms with E-state index in [1.54, 1.807) is 0 Å². The van der Waals surface area contributed by atoms with Crippen LogP contribution in [0, 0.1) is 10.1 Å². The topological polar surface area (TPSA) is 101 Å². The number of imide groups is 1. The molecule has 4 rings (SSSR count). The van der Waals surface area contributed by atoms with Gasteiger partial charge in [0, 0.05) is 17.7 Å². The van der Waals surface area contributed by atoms with Gasteiger partial charge in [-0.15, -0.1) is 0 Å². The zero-order valence-corrected chi connectivity index (χ0v) is 15.8. The quantitative estimate of drug-likeness (QED) is 0.383. The van der Waals surface area contributed by atoms with Crippen molar-refractivity contribution in [3.8, 4) is 5.75 Å². The number of thioether (sulfide) groups is 1. The van der Waals surface area contributed by atoms with Crippen molar-refractivity contribution >= 4 is 45.4 Å². The van der Waals surface area contributed by atoms with E-state index in [2.05, 4.69) is 0 Å².